The smallest absolute Gasteiger partial charge is 0.223 e. The van der Waals surface area contributed by atoms with E-state index in [0.29, 0.717) is 11.9 Å². The summed E-state index contributed by atoms with van der Waals surface area (Å²) < 4.78 is 5.10. The highest BCUT2D eigenvalue weighted by Crippen LogP contribution is 2.42. The first-order valence-electron chi connectivity index (χ1n) is 6.28. The van der Waals surface area contributed by atoms with Crippen LogP contribution in [0.3, 0.4) is 0 Å². The highest BCUT2D eigenvalue weighted by molar-refractivity contribution is 5.11. The van der Waals surface area contributed by atoms with E-state index in [1.807, 2.05) is 6.92 Å². The van der Waals surface area contributed by atoms with E-state index in [1.54, 1.807) is 0 Å². The Hall–Kier alpha value is -0.900. The van der Waals surface area contributed by atoms with Gasteiger partial charge in [-0.25, -0.2) is 0 Å². The van der Waals surface area contributed by atoms with Gasteiger partial charge in [0.1, 0.15) is 0 Å². The predicted octanol–water partition coefficient (Wildman–Crippen LogP) is 2.15. The van der Waals surface area contributed by atoms with Gasteiger partial charge in [0.15, 0.2) is 5.82 Å². The highest BCUT2D eigenvalue weighted by atomic mass is 16.5. The van der Waals surface area contributed by atoms with E-state index in [2.05, 4.69) is 22.4 Å². The minimum absolute atomic E-state index is 0.0137. The van der Waals surface area contributed by atoms with Gasteiger partial charge in [-0.3, -0.25) is 0 Å². The fourth-order valence-corrected chi connectivity index (χ4v) is 2.61. The Morgan fingerprint density at radius 3 is 2.62 bits per heavy atom. The molecule has 1 heterocycles. The molecule has 2 aliphatic rings. The molecule has 0 aromatic carbocycles. The van der Waals surface area contributed by atoms with Gasteiger partial charge in [0.25, 0.3) is 0 Å². The first kappa shape index (κ1) is 10.3. The Morgan fingerprint density at radius 2 is 2.19 bits per heavy atom. The Labute approximate surface area is 95.8 Å². The van der Waals surface area contributed by atoms with Crippen molar-refractivity contribution in [3.63, 3.8) is 0 Å². The Morgan fingerprint density at radius 1 is 1.44 bits per heavy atom. The fourth-order valence-electron chi connectivity index (χ4n) is 2.61. The van der Waals surface area contributed by atoms with Gasteiger partial charge in [-0.05, 0) is 44.9 Å². The molecule has 2 saturated carbocycles. The molecule has 3 rings (SSSR count). The highest BCUT2D eigenvalue weighted by Gasteiger charge is 2.45. The molecule has 0 saturated heterocycles. The average Bonchev–Trinajstić information content (AvgIpc) is 2.96. The number of nitrogens with zero attached hydrogens (tertiary/aromatic N) is 2. The molecule has 0 spiro atoms. The number of hydrogen-bond donors (Lipinski definition) is 1. The molecule has 1 aromatic rings. The molecule has 1 unspecified atom stereocenters. The van der Waals surface area contributed by atoms with E-state index in [-0.39, 0.29) is 5.54 Å². The third-order valence-electron chi connectivity index (χ3n) is 4.00. The molecule has 0 aliphatic heterocycles. The lowest BCUT2D eigenvalue weighted by Crippen LogP contribution is -2.53. The van der Waals surface area contributed by atoms with Crippen molar-refractivity contribution in [2.75, 3.05) is 0 Å². The Balaban J connectivity index is 1.77. The first-order valence-corrected chi connectivity index (χ1v) is 6.28. The third kappa shape index (κ3) is 1.65. The van der Waals surface area contributed by atoms with Crippen LogP contribution in [0.2, 0.25) is 0 Å². The van der Waals surface area contributed by atoms with Crippen LogP contribution in [0.4, 0.5) is 0 Å². The van der Waals surface area contributed by atoms with Crippen molar-refractivity contribution in [1.29, 1.82) is 0 Å². The van der Waals surface area contributed by atoms with Gasteiger partial charge in [-0.1, -0.05) is 5.16 Å². The lowest BCUT2D eigenvalue weighted by molar-refractivity contribution is 0.144. The Kier molecular flexibility index (Phi) is 2.28. The largest absolute Gasteiger partial charge is 0.340 e. The first-order chi connectivity index (χ1) is 7.70. The monoisotopic (exact) mass is 221 g/mol. The van der Waals surface area contributed by atoms with Crippen molar-refractivity contribution in [1.82, 2.24) is 15.5 Å². The summed E-state index contributed by atoms with van der Waals surface area (Å²) in [6, 6.07) is 0.583. The second-order valence-corrected chi connectivity index (χ2v) is 5.34. The fraction of sp³-hybridized carbons (Fsp3) is 0.833. The number of aryl methyl sites for hydroxylation is 1. The number of nitrogens with one attached hydrogen (secondary N) is 1. The van der Waals surface area contributed by atoms with Crippen LogP contribution in [-0.4, -0.2) is 16.2 Å². The van der Waals surface area contributed by atoms with Crippen LogP contribution in [0.25, 0.3) is 0 Å². The molecule has 0 radical (unpaired) electrons. The molecular weight excluding hydrogens is 202 g/mol. The van der Waals surface area contributed by atoms with E-state index < -0.39 is 0 Å². The standard InChI is InChI=1S/C12H19N3O/c1-8(10-4-5-10)14-12(6-3-7-12)11-13-9(2)16-15-11/h8,10,14H,3-7H2,1-2H3. The van der Waals surface area contributed by atoms with E-state index in [0.717, 1.165) is 24.6 Å². The van der Waals surface area contributed by atoms with Crippen LogP contribution in [-0.2, 0) is 5.54 Å². The molecule has 2 aliphatic carbocycles. The Bertz CT molecular complexity index is 379. The van der Waals surface area contributed by atoms with Crippen molar-refractivity contribution >= 4 is 0 Å². The normalized spacial score (nSPS) is 25.1. The molecular formula is C12H19N3O. The van der Waals surface area contributed by atoms with Crippen LogP contribution >= 0.6 is 0 Å². The maximum absolute atomic E-state index is 5.10. The quantitative estimate of drug-likeness (QED) is 0.846. The van der Waals surface area contributed by atoms with Crippen LogP contribution in [0.5, 0.6) is 0 Å². The minimum Gasteiger partial charge on any atom is -0.340 e. The molecule has 16 heavy (non-hydrogen) atoms. The van der Waals surface area contributed by atoms with Crippen molar-refractivity contribution in [2.45, 2.75) is 57.5 Å². The molecule has 1 N–H and O–H groups in total. The molecule has 2 fully saturated rings. The molecule has 4 nitrogen and oxygen atoms in total. The van der Waals surface area contributed by atoms with Crippen LogP contribution < -0.4 is 5.32 Å². The maximum Gasteiger partial charge on any atom is 0.223 e. The van der Waals surface area contributed by atoms with Gasteiger partial charge in [-0.15, -0.1) is 0 Å². The summed E-state index contributed by atoms with van der Waals surface area (Å²) in [4.78, 5) is 4.40. The van der Waals surface area contributed by atoms with Crippen LogP contribution in [0.15, 0.2) is 4.52 Å². The zero-order chi connectivity index (χ0) is 11.2. The van der Waals surface area contributed by atoms with E-state index >= 15 is 0 Å². The summed E-state index contributed by atoms with van der Waals surface area (Å²) in [5, 5.41) is 7.83. The zero-order valence-corrected chi connectivity index (χ0v) is 9.99. The number of hydrogen-bond acceptors (Lipinski definition) is 4. The molecule has 88 valence electrons. The number of rotatable bonds is 4. The summed E-state index contributed by atoms with van der Waals surface area (Å²) in [6.45, 7) is 4.14. The zero-order valence-electron chi connectivity index (χ0n) is 9.99. The van der Waals surface area contributed by atoms with Crippen molar-refractivity contribution in [2.24, 2.45) is 5.92 Å². The minimum atomic E-state index is 0.0137. The van der Waals surface area contributed by atoms with Gasteiger partial charge >= 0.3 is 0 Å². The molecule has 1 atom stereocenters. The average molecular weight is 221 g/mol. The molecule has 0 bridgehead atoms. The summed E-state index contributed by atoms with van der Waals surface area (Å²) in [5.41, 5.74) is 0.0137. The second-order valence-electron chi connectivity index (χ2n) is 5.34. The van der Waals surface area contributed by atoms with Gasteiger partial charge < -0.3 is 9.84 Å². The van der Waals surface area contributed by atoms with Gasteiger partial charge in [0.2, 0.25) is 5.89 Å². The van der Waals surface area contributed by atoms with Crippen molar-refractivity contribution in [3.8, 4) is 0 Å². The lowest BCUT2D eigenvalue weighted by atomic mass is 9.75. The summed E-state index contributed by atoms with van der Waals surface area (Å²) in [7, 11) is 0. The van der Waals surface area contributed by atoms with Crippen LogP contribution in [0.1, 0.15) is 50.7 Å². The molecule has 1 aromatic heterocycles. The molecule has 0 amide bonds. The van der Waals surface area contributed by atoms with Gasteiger partial charge in [0, 0.05) is 13.0 Å². The maximum atomic E-state index is 5.10. The summed E-state index contributed by atoms with van der Waals surface area (Å²) >= 11 is 0. The predicted molar refractivity (Wildman–Crippen MR) is 59.9 cm³/mol. The second kappa shape index (κ2) is 3.55. The summed E-state index contributed by atoms with van der Waals surface area (Å²) in [5.74, 6) is 2.40. The SMILES string of the molecule is Cc1nc(C2(NC(C)C3CC3)CCC2)no1. The molecule has 4 heteroatoms. The van der Waals surface area contributed by atoms with E-state index in [1.165, 1.54) is 19.3 Å². The van der Waals surface area contributed by atoms with E-state index in [9.17, 15) is 0 Å². The lowest BCUT2D eigenvalue weighted by Gasteiger charge is -2.42. The topological polar surface area (TPSA) is 51.0 Å². The van der Waals surface area contributed by atoms with Crippen LogP contribution in [0, 0.1) is 12.8 Å². The number of aromatic nitrogens is 2. The van der Waals surface area contributed by atoms with Crippen molar-refractivity contribution in [3.05, 3.63) is 11.7 Å². The van der Waals surface area contributed by atoms with Gasteiger partial charge in [0.05, 0.1) is 5.54 Å². The van der Waals surface area contributed by atoms with Gasteiger partial charge in [-0.2, -0.15) is 4.98 Å². The van der Waals surface area contributed by atoms with Crippen molar-refractivity contribution < 1.29 is 4.52 Å². The third-order valence-corrected chi connectivity index (χ3v) is 4.00. The van der Waals surface area contributed by atoms with E-state index in [4.69, 9.17) is 4.52 Å². The summed E-state index contributed by atoms with van der Waals surface area (Å²) in [6.07, 6.45) is 6.29.